The minimum absolute atomic E-state index is 0.0191. The Labute approximate surface area is 78.2 Å². The van der Waals surface area contributed by atoms with E-state index in [4.69, 9.17) is 4.74 Å². The third-order valence-electron chi connectivity index (χ3n) is 2.80. The third-order valence-corrected chi connectivity index (χ3v) is 2.80. The first kappa shape index (κ1) is 8.97. The van der Waals surface area contributed by atoms with E-state index in [0.717, 1.165) is 32.7 Å². The van der Waals surface area contributed by atoms with E-state index in [1.807, 2.05) is 11.8 Å². The van der Waals surface area contributed by atoms with Gasteiger partial charge in [0.25, 0.3) is 0 Å². The smallest absolute Gasteiger partial charge is 0.239 e. The molecule has 0 radical (unpaired) electrons. The van der Waals surface area contributed by atoms with Gasteiger partial charge < -0.3 is 15.0 Å². The van der Waals surface area contributed by atoms with Crippen LogP contribution in [0.15, 0.2) is 0 Å². The lowest BCUT2D eigenvalue weighted by atomic mass is 10.1. The molecule has 2 saturated heterocycles. The quantitative estimate of drug-likeness (QED) is 0.602. The SMILES string of the molecule is CC1NCCN(C2CCOC2)C1=O. The lowest BCUT2D eigenvalue weighted by Crippen LogP contribution is -2.57. The van der Waals surface area contributed by atoms with Crippen LogP contribution in [0.1, 0.15) is 13.3 Å². The Morgan fingerprint density at radius 3 is 3.15 bits per heavy atom. The van der Waals surface area contributed by atoms with E-state index < -0.39 is 0 Å². The Morgan fingerprint density at radius 2 is 2.46 bits per heavy atom. The molecular weight excluding hydrogens is 168 g/mol. The molecule has 0 aromatic heterocycles. The van der Waals surface area contributed by atoms with Crippen LogP contribution in [-0.4, -0.2) is 49.2 Å². The predicted octanol–water partition coefficient (Wildman–Crippen LogP) is -0.404. The molecule has 0 saturated carbocycles. The minimum atomic E-state index is -0.0191. The number of carbonyl (C=O) groups excluding carboxylic acids is 1. The molecule has 1 amide bonds. The molecule has 4 nitrogen and oxygen atoms in total. The fourth-order valence-electron chi connectivity index (χ4n) is 1.98. The van der Waals surface area contributed by atoms with E-state index in [9.17, 15) is 4.79 Å². The third kappa shape index (κ3) is 1.69. The largest absolute Gasteiger partial charge is 0.379 e. The van der Waals surface area contributed by atoms with E-state index in [1.54, 1.807) is 0 Å². The fourth-order valence-corrected chi connectivity index (χ4v) is 1.98. The average Bonchev–Trinajstić information content (AvgIpc) is 2.62. The van der Waals surface area contributed by atoms with Crippen molar-refractivity contribution in [2.24, 2.45) is 0 Å². The highest BCUT2D eigenvalue weighted by atomic mass is 16.5. The summed E-state index contributed by atoms with van der Waals surface area (Å²) < 4.78 is 5.28. The zero-order valence-electron chi connectivity index (χ0n) is 7.95. The summed E-state index contributed by atoms with van der Waals surface area (Å²) in [7, 11) is 0. The first-order chi connectivity index (χ1) is 6.29. The van der Waals surface area contributed by atoms with Gasteiger partial charge in [0.2, 0.25) is 5.91 Å². The summed E-state index contributed by atoms with van der Waals surface area (Å²) in [6, 6.07) is 0.311. The summed E-state index contributed by atoms with van der Waals surface area (Å²) in [4.78, 5) is 13.7. The second kappa shape index (κ2) is 3.64. The molecule has 0 aromatic rings. The fraction of sp³-hybridized carbons (Fsp3) is 0.889. The van der Waals surface area contributed by atoms with Crippen LogP contribution in [0.25, 0.3) is 0 Å². The van der Waals surface area contributed by atoms with E-state index in [-0.39, 0.29) is 11.9 Å². The molecule has 0 aliphatic carbocycles. The molecule has 1 N–H and O–H groups in total. The number of hydrogen-bond acceptors (Lipinski definition) is 3. The van der Waals surface area contributed by atoms with Crippen molar-refractivity contribution in [2.45, 2.75) is 25.4 Å². The van der Waals surface area contributed by atoms with Crippen LogP contribution >= 0.6 is 0 Å². The van der Waals surface area contributed by atoms with E-state index >= 15 is 0 Å². The maximum atomic E-state index is 11.7. The van der Waals surface area contributed by atoms with Crippen molar-refractivity contribution < 1.29 is 9.53 Å². The molecule has 0 spiro atoms. The number of nitrogens with one attached hydrogen (secondary N) is 1. The van der Waals surface area contributed by atoms with Gasteiger partial charge in [-0.2, -0.15) is 0 Å². The molecule has 2 heterocycles. The Bertz CT molecular complexity index is 202. The van der Waals surface area contributed by atoms with Crippen LogP contribution in [0.4, 0.5) is 0 Å². The summed E-state index contributed by atoms with van der Waals surface area (Å²) in [6.45, 7) is 5.18. The lowest BCUT2D eigenvalue weighted by Gasteiger charge is -2.35. The number of hydrogen-bond donors (Lipinski definition) is 1. The molecule has 2 atom stereocenters. The van der Waals surface area contributed by atoms with Crippen molar-refractivity contribution in [3.8, 4) is 0 Å². The normalized spacial score (nSPS) is 35.5. The van der Waals surface area contributed by atoms with E-state index in [1.165, 1.54) is 0 Å². The molecule has 74 valence electrons. The first-order valence-electron chi connectivity index (χ1n) is 4.90. The highest BCUT2D eigenvalue weighted by Gasteiger charge is 2.32. The molecule has 2 aliphatic heterocycles. The van der Waals surface area contributed by atoms with Crippen LogP contribution in [0.5, 0.6) is 0 Å². The number of ether oxygens (including phenoxy) is 1. The molecular formula is C9H16N2O2. The van der Waals surface area contributed by atoms with Gasteiger partial charge in [0.05, 0.1) is 18.7 Å². The molecule has 2 fully saturated rings. The van der Waals surface area contributed by atoms with Gasteiger partial charge >= 0.3 is 0 Å². The average molecular weight is 184 g/mol. The zero-order chi connectivity index (χ0) is 9.26. The van der Waals surface area contributed by atoms with Crippen molar-refractivity contribution in [2.75, 3.05) is 26.3 Å². The molecule has 4 heteroatoms. The standard InChI is InChI=1S/C9H16N2O2/c1-7-9(12)11(4-3-10-7)8-2-5-13-6-8/h7-8,10H,2-6H2,1H3. The highest BCUT2D eigenvalue weighted by molar-refractivity contribution is 5.82. The Kier molecular flexibility index (Phi) is 2.51. The van der Waals surface area contributed by atoms with Crippen molar-refractivity contribution in [1.29, 1.82) is 0 Å². The number of nitrogens with zero attached hydrogens (tertiary/aromatic N) is 1. The molecule has 2 unspecified atom stereocenters. The molecule has 2 rings (SSSR count). The summed E-state index contributed by atoms with van der Waals surface area (Å²) >= 11 is 0. The summed E-state index contributed by atoms with van der Waals surface area (Å²) in [5, 5.41) is 3.15. The van der Waals surface area contributed by atoms with Crippen LogP contribution in [0, 0.1) is 0 Å². The second-order valence-electron chi connectivity index (χ2n) is 3.72. The molecule has 0 bridgehead atoms. The van der Waals surface area contributed by atoms with Crippen molar-refractivity contribution in [3.05, 3.63) is 0 Å². The number of carbonyl (C=O) groups is 1. The van der Waals surface area contributed by atoms with Crippen molar-refractivity contribution >= 4 is 5.91 Å². The lowest BCUT2D eigenvalue weighted by molar-refractivity contribution is -0.137. The number of piperazine rings is 1. The van der Waals surface area contributed by atoms with Crippen LogP contribution in [-0.2, 0) is 9.53 Å². The predicted molar refractivity (Wildman–Crippen MR) is 48.4 cm³/mol. The van der Waals surface area contributed by atoms with Gasteiger partial charge in [-0.05, 0) is 13.3 Å². The van der Waals surface area contributed by atoms with Gasteiger partial charge in [-0.3, -0.25) is 4.79 Å². The molecule has 2 aliphatic rings. The van der Waals surface area contributed by atoms with Gasteiger partial charge in [-0.1, -0.05) is 0 Å². The van der Waals surface area contributed by atoms with Gasteiger partial charge in [-0.15, -0.1) is 0 Å². The number of amides is 1. The van der Waals surface area contributed by atoms with E-state index in [0.29, 0.717) is 6.04 Å². The van der Waals surface area contributed by atoms with Gasteiger partial charge in [0.15, 0.2) is 0 Å². The van der Waals surface area contributed by atoms with Crippen LogP contribution < -0.4 is 5.32 Å². The minimum Gasteiger partial charge on any atom is -0.379 e. The topological polar surface area (TPSA) is 41.6 Å². The maximum absolute atomic E-state index is 11.7. The van der Waals surface area contributed by atoms with Crippen molar-refractivity contribution in [3.63, 3.8) is 0 Å². The zero-order valence-corrected chi connectivity index (χ0v) is 7.95. The summed E-state index contributed by atoms with van der Waals surface area (Å²) in [5.41, 5.74) is 0. The Morgan fingerprint density at radius 1 is 1.62 bits per heavy atom. The molecule has 13 heavy (non-hydrogen) atoms. The number of rotatable bonds is 1. The Balaban J connectivity index is 2.00. The second-order valence-corrected chi connectivity index (χ2v) is 3.72. The van der Waals surface area contributed by atoms with Crippen molar-refractivity contribution in [1.82, 2.24) is 10.2 Å². The maximum Gasteiger partial charge on any atom is 0.239 e. The monoisotopic (exact) mass is 184 g/mol. The first-order valence-corrected chi connectivity index (χ1v) is 4.90. The summed E-state index contributed by atoms with van der Waals surface area (Å²) in [6.07, 6.45) is 0.998. The van der Waals surface area contributed by atoms with Gasteiger partial charge in [0.1, 0.15) is 0 Å². The van der Waals surface area contributed by atoms with Crippen LogP contribution in [0.2, 0.25) is 0 Å². The van der Waals surface area contributed by atoms with Gasteiger partial charge in [-0.25, -0.2) is 0 Å². The highest BCUT2D eigenvalue weighted by Crippen LogP contribution is 2.14. The summed E-state index contributed by atoms with van der Waals surface area (Å²) in [5.74, 6) is 0.224. The van der Waals surface area contributed by atoms with E-state index in [2.05, 4.69) is 5.32 Å². The Hall–Kier alpha value is -0.610. The van der Waals surface area contributed by atoms with Gasteiger partial charge in [0, 0.05) is 19.7 Å². The molecule has 0 aromatic carbocycles. The van der Waals surface area contributed by atoms with Crippen LogP contribution in [0.3, 0.4) is 0 Å².